The molecule has 1 aliphatic rings. The Hall–Kier alpha value is -3.17. The quantitative estimate of drug-likeness (QED) is 0.394. The lowest BCUT2D eigenvalue weighted by Gasteiger charge is -2.22. The number of ether oxygens (including phenoxy) is 1. The van der Waals surface area contributed by atoms with Crippen LogP contribution < -0.4 is 15.5 Å². The van der Waals surface area contributed by atoms with Crippen molar-refractivity contribution in [2.24, 2.45) is 5.92 Å². The summed E-state index contributed by atoms with van der Waals surface area (Å²) in [5.74, 6) is -1.45. The fourth-order valence-corrected chi connectivity index (χ4v) is 3.09. The van der Waals surface area contributed by atoms with E-state index < -0.39 is 29.4 Å². The van der Waals surface area contributed by atoms with Gasteiger partial charge in [-0.15, -0.1) is 0 Å². The third-order valence-electron chi connectivity index (χ3n) is 4.61. The summed E-state index contributed by atoms with van der Waals surface area (Å²) in [6.45, 7) is 4.98. The highest BCUT2D eigenvalue weighted by Crippen LogP contribution is 2.31. The van der Waals surface area contributed by atoms with Gasteiger partial charge in [0.15, 0.2) is 6.61 Å². The smallest absolute Gasteiger partial charge is 0.338 e. The van der Waals surface area contributed by atoms with E-state index in [9.17, 15) is 24.5 Å². The van der Waals surface area contributed by atoms with Crippen LogP contribution in [0.3, 0.4) is 0 Å². The van der Waals surface area contributed by atoms with Crippen molar-refractivity contribution < 1.29 is 24.0 Å². The molecule has 0 saturated carbocycles. The number of nitrogens with one attached hydrogen (secondary N) is 2. The van der Waals surface area contributed by atoms with Crippen LogP contribution in [0.2, 0.25) is 0 Å². The van der Waals surface area contributed by atoms with Crippen molar-refractivity contribution in [3.8, 4) is 0 Å². The highest BCUT2D eigenvalue weighted by molar-refractivity contribution is 5.97. The number of urea groups is 1. The molecule has 0 aromatic heterocycles. The number of hydrogen-bond acceptors (Lipinski definition) is 7. The van der Waals surface area contributed by atoms with Crippen molar-refractivity contribution in [3.05, 3.63) is 33.9 Å². The Bertz CT molecular complexity index is 788. The van der Waals surface area contributed by atoms with E-state index in [-0.39, 0.29) is 17.2 Å². The maximum Gasteiger partial charge on any atom is 0.338 e. The molecule has 0 aliphatic carbocycles. The number of amides is 3. The summed E-state index contributed by atoms with van der Waals surface area (Å²) in [6, 6.07) is 3.47. The Labute approximate surface area is 175 Å². The number of nitro benzene ring substituents is 1. The zero-order valence-electron chi connectivity index (χ0n) is 17.3. The molecule has 0 bridgehead atoms. The number of nitro groups is 1. The number of hydrogen-bond donors (Lipinski definition) is 2. The van der Waals surface area contributed by atoms with Crippen molar-refractivity contribution in [2.75, 3.05) is 31.1 Å². The fourth-order valence-electron chi connectivity index (χ4n) is 3.09. The van der Waals surface area contributed by atoms with Gasteiger partial charge in [-0.05, 0) is 30.9 Å². The molecule has 2 N–H and O–H groups in total. The van der Waals surface area contributed by atoms with E-state index in [4.69, 9.17) is 4.74 Å². The number of benzene rings is 1. The fraction of sp³-hybridized carbons (Fsp3) is 0.550. The topological polar surface area (TPSA) is 131 Å². The highest BCUT2D eigenvalue weighted by Gasteiger charge is 2.23. The summed E-state index contributed by atoms with van der Waals surface area (Å²) in [4.78, 5) is 48.5. The molecule has 0 spiro atoms. The predicted molar refractivity (Wildman–Crippen MR) is 110 cm³/mol. The van der Waals surface area contributed by atoms with Crippen molar-refractivity contribution in [2.45, 2.75) is 39.5 Å². The van der Waals surface area contributed by atoms with Gasteiger partial charge in [-0.2, -0.15) is 0 Å². The second-order valence-corrected chi connectivity index (χ2v) is 7.59. The minimum Gasteiger partial charge on any atom is -0.452 e. The van der Waals surface area contributed by atoms with Gasteiger partial charge in [0.05, 0.1) is 10.5 Å². The number of esters is 1. The number of rotatable bonds is 7. The van der Waals surface area contributed by atoms with Gasteiger partial charge in [0, 0.05) is 25.7 Å². The Morgan fingerprint density at radius 1 is 1.17 bits per heavy atom. The Morgan fingerprint density at radius 3 is 2.43 bits per heavy atom. The van der Waals surface area contributed by atoms with E-state index in [0.717, 1.165) is 44.8 Å². The average Bonchev–Trinajstić information content (AvgIpc) is 2.99. The molecule has 164 valence electrons. The lowest BCUT2D eigenvalue weighted by molar-refractivity contribution is -0.384. The maximum atomic E-state index is 12.2. The van der Waals surface area contributed by atoms with E-state index >= 15 is 0 Å². The Morgan fingerprint density at radius 2 is 1.83 bits per heavy atom. The monoisotopic (exact) mass is 420 g/mol. The molecule has 0 atom stereocenters. The van der Waals surface area contributed by atoms with Gasteiger partial charge in [-0.3, -0.25) is 20.2 Å². The van der Waals surface area contributed by atoms with Crippen molar-refractivity contribution in [1.29, 1.82) is 0 Å². The summed E-state index contributed by atoms with van der Waals surface area (Å²) in [7, 11) is 0. The number of nitrogens with zero attached hydrogens (tertiary/aromatic N) is 2. The first-order chi connectivity index (χ1) is 14.3. The predicted octanol–water partition coefficient (Wildman–Crippen LogP) is 2.61. The van der Waals surface area contributed by atoms with E-state index in [0.29, 0.717) is 12.2 Å². The van der Waals surface area contributed by atoms with Gasteiger partial charge in [0.25, 0.3) is 11.6 Å². The van der Waals surface area contributed by atoms with Gasteiger partial charge < -0.3 is 15.0 Å². The first-order valence-corrected chi connectivity index (χ1v) is 10.1. The Kier molecular flexibility index (Phi) is 8.57. The molecular formula is C20H28N4O6. The van der Waals surface area contributed by atoms with Crippen molar-refractivity contribution in [3.63, 3.8) is 0 Å². The standard InChI is InChI=1S/C20H28N4O6/c1-14(2)12-21-20(27)22-18(25)13-30-19(26)15-7-8-16(17(11-15)24(28)29)23-9-5-3-4-6-10-23/h7-8,11,14H,3-6,9-10,12-13H2,1-2H3,(H2,21,22,25,27). The number of carbonyl (C=O) groups is 3. The summed E-state index contributed by atoms with van der Waals surface area (Å²) in [5.41, 5.74) is 0.263. The highest BCUT2D eigenvalue weighted by atomic mass is 16.6. The second kappa shape index (κ2) is 11.1. The van der Waals surface area contributed by atoms with E-state index in [2.05, 4.69) is 5.32 Å². The van der Waals surface area contributed by atoms with Gasteiger partial charge in [0.2, 0.25) is 0 Å². The van der Waals surface area contributed by atoms with Crippen LogP contribution in [0.25, 0.3) is 0 Å². The average molecular weight is 420 g/mol. The lowest BCUT2D eigenvalue weighted by Crippen LogP contribution is -2.42. The van der Waals surface area contributed by atoms with Crippen LogP contribution in [-0.2, 0) is 9.53 Å². The molecule has 30 heavy (non-hydrogen) atoms. The first kappa shape index (κ1) is 23.1. The molecule has 1 saturated heterocycles. The van der Waals surface area contributed by atoms with Crippen LogP contribution in [0.5, 0.6) is 0 Å². The van der Waals surface area contributed by atoms with Crippen molar-refractivity contribution in [1.82, 2.24) is 10.6 Å². The maximum absolute atomic E-state index is 12.2. The second-order valence-electron chi connectivity index (χ2n) is 7.59. The van der Waals surface area contributed by atoms with E-state index in [1.807, 2.05) is 24.1 Å². The van der Waals surface area contributed by atoms with E-state index in [1.165, 1.54) is 6.07 Å². The van der Waals surface area contributed by atoms with Crippen LogP contribution in [0, 0.1) is 16.0 Å². The number of anilines is 1. The molecule has 0 radical (unpaired) electrons. The van der Waals surface area contributed by atoms with Crippen molar-refractivity contribution >= 4 is 29.3 Å². The molecule has 0 unspecified atom stereocenters. The first-order valence-electron chi connectivity index (χ1n) is 10.1. The number of carbonyl (C=O) groups excluding carboxylic acids is 3. The van der Waals surface area contributed by atoms with Gasteiger partial charge >= 0.3 is 12.0 Å². The van der Waals surface area contributed by atoms with Crippen LogP contribution in [-0.4, -0.2) is 49.1 Å². The molecule has 1 aliphatic heterocycles. The summed E-state index contributed by atoms with van der Waals surface area (Å²) >= 11 is 0. The van der Waals surface area contributed by atoms with Crippen LogP contribution >= 0.6 is 0 Å². The molecule has 1 heterocycles. The van der Waals surface area contributed by atoms with Crippen LogP contribution in [0.4, 0.5) is 16.2 Å². The minimum atomic E-state index is -0.877. The largest absolute Gasteiger partial charge is 0.452 e. The third kappa shape index (κ3) is 7.02. The zero-order chi connectivity index (χ0) is 22.1. The summed E-state index contributed by atoms with van der Waals surface area (Å²) < 4.78 is 4.89. The summed E-state index contributed by atoms with van der Waals surface area (Å²) in [5, 5.41) is 16.1. The molecule has 1 fully saturated rings. The third-order valence-corrected chi connectivity index (χ3v) is 4.61. The summed E-state index contributed by atoms with van der Waals surface area (Å²) in [6.07, 6.45) is 4.10. The minimum absolute atomic E-state index is 0.0302. The Balaban J connectivity index is 1.98. The number of imide groups is 1. The molecule has 2 rings (SSSR count). The molecule has 3 amide bonds. The molecule has 10 nitrogen and oxygen atoms in total. The van der Waals surface area contributed by atoms with E-state index in [1.54, 1.807) is 6.07 Å². The van der Waals surface area contributed by atoms with Gasteiger partial charge in [-0.25, -0.2) is 9.59 Å². The molecule has 1 aromatic carbocycles. The van der Waals surface area contributed by atoms with Crippen LogP contribution in [0.15, 0.2) is 18.2 Å². The lowest BCUT2D eigenvalue weighted by atomic mass is 10.1. The zero-order valence-corrected chi connectivity index (χ0v) is 17.3. The molecule has 1 aromatic rings. The molecular weight excluding hydrogens is 392 g/mol. The van der Waals surface area contributed by atoms with Gasteiger partial charge in [-0.1, -0.05) is 26.7 Å². The van der Waals surface area contributed by atoms with Gasteiger partial charge in [0.1, 0.15) is 5.69 Å². The normalized spacial score (nSPS) is 14.0. The van der Waals surface area contributed by atoms with Crippen LogP contribution in [0.1, 0.15) is 49.9 Å². The molecule has 10 heteroatoms. The SMILES string of the molecule is CC(C)CNC(=O)NC(=O)COC(=O)c1ccc(N2CCCCCC2)c([N+](=O)[O-])c1.